The molecule has 0 saturated carbocycles. The zero-order valence-electron chi connectivity index (χ0n) is 7.92. The summed E-state index contributed by atoms with van der Waals surface area (Å²) in [7, 11) is 2.93. The smallest absolute Gasteiger partial charge is 0.325 e. The van der Waals surface area contributed by atoms with E-state index in [1.807, 2.05) is 6.92 Å². The lowest BCUT2D eigenvalue weighted by Crippen LogP contribution is -2.41. The molecule has 12 heavy (non-hydrogen) atoms. The molecule has 1 N–H and O–H groups in total. The Hall–Kier alpha value is -0.610. The van der Waals surface area contributed by atoms with Crippen molar-refractivity contribution in [3.05, 3.63) is 0 Å². The molecule has 1 unspecified atom stereocenters. The van der Waals surface area contributed by atoms with E-state index in [9.17, 15) is 4.79 Å². The standard InChI is InChI=1S/C8H17NO3/c1-4-5-9-7(6-11-2)8(10)12-3/h7,9H,4-6H2,1-3H3. The third kappa shape index (κ3) is 4.31. The maximum atomic E-state index is 11.0. The molecule has 0 amide bonds. The highest BCUT2D eigenvalue weighted by molar-refractivity contribution is 5.75. The number of nitrogens with one attached hydrogen (secondary N) is 1. The Morgan fingerprint density at radius 3 is 2.58 bits per heavy atom. The molecule has 0 aliphatic carbocycles. The molecule has 1 atom stereocenters. The molecule has 0 aliphatic rings. The molecule has 0 fully saturated rings. The summed E-state index contributed by atoms with van der Waals surface area (Å²) in [5, 5.41) is 3.02. The Bertz CT molecular complexity index is 127. The van der Waals surface area contributed by atoms with Crippen LogP contribution in [0, 0.1) is 0 Å². The van der Waals surface area contributed by atoms with E-state index in [4.69, 9.17) is 4.74 Å². The summed E-state index contributed by atoms with van der Waals surface area (Å²) in [5.41, 5.74) is 0. The molecule has 0 aromatic carbocycles. The van der Waals surface area contributed by atoms with Gasteiger partial charge in [-0.3, -0.25) is 4.79 Å². The molecule has 0 saturated heterocycles. The van der Waals surface area contributed by atoms with Gasteiger partial charge in [0.25, 0.3) is 0 Å². The molecular formula is C8H17NO3. The minimum absolute atomic E-state index is 0.273. The first-order valence-electron chi connectivity index (χ1n) is 4.06. The van der Waals surface area contributed by atoms with Crippen LogP contribution in [0.4, 0.5) is 0 Å². The Balaban J connectivity index is 3.76. The average molecular weight is 175 g/mol. The van der Waals surface area contributed by atoms with E-state index in [2.05, 4.69) is 10.1 Å². The van der Waals surface area contributed by atoms with Gasteiger partial charge in [-0.05, 0) is 13.0 Å². The predicted molar refractivity (Wildman–Crippen MR) is 46.0 cm³/mol. The fourth-order valence-corrected chi connectivity index (χ4v) is 0.838. The van der Waals surface area contributed by atoms with E-state index in [-0.39, 0.29) is 12.0 Å². The zero-order valence-corrected chi connectivity index (χ0v) is 7.92. The van der Waals surface area contributed by atoms with Crippen molar-refractivity contribution < 1.29 is 14.3 Å². The summed E-state index contributed by atoms with van der Waals surface area (Å²) >= 11 is 0. The third-order valence-corrected chi connectivity index (χ3v) is 1.46. The first kappa shape index (κ1) is 11.4. The Morgan fingerprint density at radius 1 is 1.50 bits per heavy atom. The van der Waals surface area contributed by atoms with Crippen LogP contribution >= 0.6 is 0 Å². The van der Waals surface area contributed by atoms with Crippen LogP contribution in [-0.4, -0.2) is 39.4 Å². The molecule has 0 heterocycles. The molecule has 0 spiro atoms. The van der Waals surface area contributed by atoms with Crippen LogP contribution in [0.2, 0.25) is 0 Å². The lowest BCUT2D eigenvalue weighted by Gasteiger charge is -2.14. The van der Waals surface area contributed by atoms with Gasteiger partial charge in [0.1, 0.15) is 6.04 Å². The van der Waals surface area contributed by atoms with Crippen molar-refractivity contribution in [3.63, 3.8) is 0 Å². The monoisotopic (exact) mass is 175 g/mol. The molecule has 0 aliphatic heterocycles. The van der Waals surface area contributed by atoms with Crippen LogP contribution < -0.4 is 5.32 Å². The molecule has 0 aromatic rings. The Kier molecular flexibility index (Phi) is 6.70. The number of hydrogen-bond donors (Lipinski definition) is 1. The van der Waals surface area contributed by atoms with E-state index < -0.39 is 0 Å². The molecule has 0 aromatic heterocycles. The average Bonchev–Trinajstić information content (AvgIpc) is 2.11. The number of hydrogen-bond acceptors (Lipinski definition) is 4. The van der Waals surface area contributed by atoms with Gasteiger partial charge in [0.15, 0.2) is 0 Å². The molecule has 0 rings (SSSR count). The van der Waals surface area contributed by atoms with Crippen molar-refractivity contribution in [2.75, 3.05) is 27.4 Å². The van der Waals surface area contributed by atoms with Gasteiger partial charge in [0.2, 0.25) is 0 Å². The maximum Gasteiger partial charge on any atom is 0.325 e. The van der Waals surface area contributed by atoms with Gasteiger partial charge in [0.05, 0.1) is 13.7 Å². The van der Waals surface area contributed by atoms with Crippen LogP contribution in [0.15, 0.2) is 0 Å². The Morgan fingerprint density at radius 2 is 2.17 bits per heavy atom. The lowest BCUT2D eigenvalue weighted by atomic mass is 10.3. The van der Waals surface area contributed by atoms with Crippen LogP contribution in [-0.2, 0) is 14.3 Å². The zero-order chi connectivity index (χ0) is 9.40. The molecule has 0 bridgehead atoms. The summed E-state index contributed by atoms with van der Waals surface area (Å²) in [6.45, 7) is 3.18. The van der Waals surface area contributed by atoms with Crippen LogP contribution in [0.1, 0.15) is 13.3 Å². The predicted octanol–water partition coefficient (Wildman–Crippen LogP) is 0.174. The molecular weight excluding hydrogens is 158 g/mol. The van der Waals surface area contributed by atoms with Crippen molar-refractivity contribution in [1.29, 1.82) is 0 Å². The van der Waals surface area contributed by atoms with Gasteiger partial charge in [-0.25, -0.2) is 0 Å². The first-order valence-corrected chi connectivity index (χ1v) is 4.06. The number of rotatable bonds is 6. The van der Waals surface area contributed by atoms with Crippen molar-refractivity contribution >= 4 is 5.97 Å². The van der Waals surface area contributed by atoms with E-state index in [1.54, 1.807) is 7.11 Å². The second kappa shape index (κ2) is 7.06. The number of methoxy groups -OCH3 is 2. The van der Waals surface area contributed by atoms with E-state index >= 15 is 0 Å². The number of ether oxygens (including phenoxy) is 2. The normalized spacial score (nSPS) is 12.6. The number of carbonyl (C=O) groups is 1. The van der Waals surface area contributed by atoms with E-state index in [0.29, 0.717) is 6.61 Å². The quantitative estimate of drug-likeness (QED) is 0.585. The van der Waals surface area contributed by atoms with Crippen molar-refractivity contribution in [3.8, 4) is 0 Å². The van der Waals surface area contributed by atoms with Crippen LogP contribution in [0.3, 0.4) is 0 Å². The highest BCUT2D eigenvalue weighted by Crippen LogP contribution is 1.89. The van der Waals surface area contributed by atoms with Crippen LogP contribution in [0.5, 0.6) is 0 Å². The highest BCUT2D eigenvalue weighted by atomic mass is 16.5. The largest absolute Gasteiger partial charge is 0.468 e. The van der Waals surface area contributed by atoms with Crippen LogP contribution in [0.25, 0.3) is 0 Å². The fraction of sp³-hybridized carbons (Fsp3) is 0.875. The van der Waals surface area contributed by atoms with Gasteiger partial charge in [-0.2, -0.15) is 0 Å². The van der Waals surface area contributed by atoms with Gasteiger partial charge in [-0.1, -0.05) is 6.92 Å². The minimum Gasteiger partial charge on any atom is -0.468 e. The summed E-state index contributed by atoms with van der Waals surface area (Å²) in [6.07, 6.45) is 0.983. The Labute approximate surface area is 73.2 Å². The SMILES string of the molecule is CCCNC(COC)C(=O)OC. The first-order chi connectivity index (χ1) is 5.76. The van der Waals surface area contributed by atoms with Crippen molar-refractivity contribution in [2.45, 2.75) is 19.4 Å². The number of esters is 1. The maximum absolute atomic E-state index is 11.0. The molecule has 4 nitrogen and oxygen atoms in total. The molecule has 72 valence electrons. The minimum atomic E-state index is -0.333. The third-order valence-electron chi connectivity index (χ3n) is 1.46. The van der Waals surface area contributed by atoms with E-state index in [0.717, 1.165) is 13.0 Å². The summed E-state index contributed by atoms with van der Waals surface area (Å²) in [6, 6.07) is -0.333. The van der Waals surface area contributed by atoms with Gasteiger partial charge in [0, 0.05) is 7.11 Å². The van der Waals surface area contributed by atoms with Gasteiger partial charge < -0.3 is 14.8 Å². The second-order valence-corrected chi connectivity index (χ2v) is 2.49. The molecule has 4 heteroatoms. The van der Waals surface area contributed by atoms with Crippen molar-refractivity contribution in [1.82, 2.24) is 5.32 Å². The summed E-state index contributed by atoms with van der Waals surface area (Å²) < 4.78 is 9.44. The van der Waals surface area contributed by atoms with Gasteiger partial charge in [-0.15, -0.1) is 0 Å². The van der Waals surface area contributed by atoms with Crippen molar-refractivity contribution in [2.24, 2.45) is 0 Å². The highest BCUT2D eigenvalue weighted by Gasteiger charge is 2.16. The summed E-state index contributed by atoms with van der Waals surface area (Å²) in [4.78, 5) is 11.0. The van der Waals surface area contributed by atoms with E-state index in [1.165, 1.54) is 7.11 Å². The lowest BCUT2D eigenvalue weighted by molar-refractivity contribution is -0.144. The number of carbonyl (C=O) groups excluding carboxylic acids is 1. The van der Waals surface area contributed by atoms with Gasteiger partial charge >= 0.3 is 5.97 Å². The fourth-order valence-electron chi connectivity index (χ4n) is 0.838. The molecule has 0 radical (unpaired) electrons. The topological polar surface area (TPSA) is 47.6 Å². The second-order valence-electron chi connectivity index (χ2n) is 2.49. The summed E-state index contributed by atoms with van der Waals surface area (Å²) in [5.74, 6) is -0.273.